The van der Waals surface area contributed by atoms with E-state index in [1.807, 2.05) is 48.5 Å². The fourth-order valence-corrected chi connectivity index (χ4v) is 3.02. The molecule has 0 saturated heterocycles. The molecule has 0 bridgehead atoms. The summed E-state index contributed by atoms with van der Waals surface area (Å²) < 4.78 is 5.10. The van der Waals surface area contributed by atoms with Crippen LogP contribution >= 0.6 is 11.8 Å². The molecule has 0 aliphatic carbocycles. The fourth-order valence-electron chi connectivity index (χ4n) is 1.98. The van der Waals surface area contributed by atoms with Crippen LogP contribution in [0.1, 0.15) is 23.7 Å². The number of carbonyl (C=O) groups excluding carboxylic acids is 2. The number of benzene rings is 2. The van der Waals surface area contributed by atoms with Gasteiger partial charge in [-0.3, -0.25) is 9.59 Å². The van der Waals surface area contributed by atoms with Crippen LogP contribution in [0.25, 0.3) is 0 Å². The maximum Gasteiger partial charge on any atom is 0.319 e. The molecule has 2 rings (SSSR count). The zero-order valence-corrected chi connectivity index (χ0v) is 13.2. The maximum absolute atomic E-state index is 12.3. The van der Waals surface area contributed by atoms with Crippen LogP contribution < -0.4 is 0 Å². The second-order valence-electron chi connectivity index (χ2n) is 4.66. The third-order valence-electron chi connectivity index (χ3n) is 3.04. The summed E-state index contributed by atoms with van der Waals surface area (Å²) in [5, 5.41) is -0.532. The van der Waals surface area contributed by atoms with Crippen LogP contribution in [0.2, 0.25) is 0 Å². The van der Waals surface area contributed by atoms with Crippen molar-refractivity contribution in [1.82, 2.24) is 0 Å². The highest BCUT2D eigenvalue weighted by atomic mass is 32.2. The van der Waals surface area contributed by atoms with Crippen LogP contribution in [-0.2, 0) is 9.53 Å². The molecular weight excluding hydrogens is 296 g/mol. The summed E-state index contributed by atoms with van der Waals surface area (Å²) in [7, 11) is 0. The molecule has 0 aliphatic rings. The molecule has 1 atom stereocenters. The van der Waals surface area contributed by atoms with E-state index in [0.717, 1.165) is 4.90 Å². The molecule has 0 saturated carbocycles. The van der Waals surface area contributed by atoms with Gasteiger partial charge in [-0.15, -0.1) is 11.8 Å². The summed E-state index contributed by atoms with van der Waals surface area (Å²) in [6.45, 7) is 2.07. The molecule has 0 heterocycles. The lowest BCUT2D eigenvalue weighted by Gasteiger charge is -2.14. The summed E-state index contributed by atoms with van der Waals surface area (Å²) in [5.74, 6) is -0.400. The molecule has 114 valence electrons. The van der Waals surface area contributed by atoms with Gasteiger partial charge in [0.15, 0.2) is 5.78 Å². The SMILES string of the molecule is CCOC(=O)C(CC(=O)c1ccccc1)Sc1ccccc1. The highest BCUT2D eigenvalue weighted by molar-refractivity contribution is 8.00. The van der Waals surface area contributed by atoms with Gasteiger partial charge in [-0.1, -0.05) is 48.5 Å². The van der Waals surface area contributed by atoms with Crippen molar-refractivity contribution in [3.05, 3.63) is 66.2 Å². The first-order chi connectivity index (χ1) is 10.7. The first kappa shape index (κ1) is 16.3. The van der Waals surface area contributed by atoms with E-state index < -0.39 is 5.25 Å². The van der Waals surface area contributed by atoms with Crippen LogP contribution in [0.5, 0.6) is 0 Å². The number of ether oxygens (including phenoxy) is 1. The Kier molecular flexibility index (Phi) is 6.22. The summed E-state index contributed by atoms with van der Waals surface area (Å²) >= 11 is 1.36. The highest BCUT2D eigenvalue weighted by Crippen LogP contribution is 2.27. The standard InChI is InChI=1S/C18H18O3S/c1-2-21-18(20)17(22-15-11-7-4-8-12-15)13-16(19)14-9-5-3-6-10-14/h3-12,17H,2,13H2,1H3. The van der Waals surface area contributed by atoms with Gasteiger partial charge in [0.25, 0.3) is 0 Å². The van der Waals surface area contributed by atoms with Gasteiger partial charge in [-0.25, -0.2) is 0 Å². The van der Waals surface area contributed by atoms with Crippen molar-refractivity contribution in [3.8, 4) is 0 Å². The van der Waals surface area contributed by atoms with E-state index >= 15 is 0 Å². The smallest absolute Gasteiger partial charge is 0.319 e. The van der Waals surface area contributed by atoms with Crippen LogP contribution in [-0.4, -0.2) is 23.6 Å². The predicted molar refractivity (Wildman–Crippen MR) is 88.1 cm³/mol. The van der Waals surface area contributed by atoms with Crippen molar-refractivity contribution in [2.45, 2.75) is 23.5 Å². The molecule has 0 aromatic heterocycles. The number of rotatable bonds is 7. The average molecular weight is 314 g/mol. The third kappa shape index (κ3) is 4.74. The first-order valence-corrected chi connectivity index (χ1v) is 8.05. The Bertz CT molecular complexity index is 611. The normalized spacial score (nSPS) is 11.7. The Balaban J connectivity index is 2.11. The van der Waals surface area contributed by atoms with E-state index in [1.165, 1.54) is 11.8 Å². The van der Waals surface area contributed by atoms with Crippen LogP contribution in [0.4, 0.5) is 0 Å². The number of Topliss-reactive ketones (excluding diaryl/α,β-unsaturated/α-hetero) is 1. The van der Waals surface area contributed by atoms with Gasteiger partial charge >= 0.3 is 5.97 Å². The molecule has 0 spiro atoms. The summed E-state index contributed by atoms with van der Waals surface area (Å²) in [5.41, 5.74) is 0.616. The summed E-state index contributed by atoms with van der Waals surface area (Å²) in [4.78, 5) is 25.4. The molecule has 22 heavy (non-hydrogen) atoms. The Morgan fingerprint density at radius 3 is 2.18 bits per heavy atom. The first-order valence-electron chi connectivity index (χ1n) is 7.17. The molecule has 0 fully saturated rings. The molecule has 0 amide bonds. The van der Waals surface area contributed by atoms with Gasteiger partial charge in [-0.05, 0) is 19.1 Å². The molecular formula is C18H18O3S. The zero-order chi connectivity index (χ0) is 15.8. The quantitative estimate of drug-likeness (QED) is 0.440. The lowest BCUT2D eigenvalue weighted by molar-refractivity contribution is -0.142. The van der Waals surface area contributed by atoms with Crippen LogP contribution in [0, 0.1) is 0 Å². The highest BCUT2D eigenvalue weighted by Gasteiger charge is 2.25. The van der Waals surface area contributed by atoms with Crippen LogP contribution in [0.15, 0.2) is 65.6 Å². The largest absolute Gasteiger partial charge is 0.465 e. The number of esters is 1. The number of thioether (sulfide) groups is 1. The fraction of sp³-hybridized carbons (Fsp3) is 0.222. The van der Waals surface area contributed by atoms with Crippen molar-refractivity contribution in [1.29, 1.82) is 0 Å². The lowest BCUT2D eigenvalue weighted by atomic mass is 10.1. The van der Waals surface area contributed by atoms with Crippen molar-refractivity contribution in [2.24, 2.45) is 0 Å². The number of carbonyl (C=O) groups is 2. The van der Waals surface area contributed by atoms with Crippen molar-refractivity contribution < 1.29 is 14.3 Å². The van der Waals surface area contributed by atoms with E-state index in [2.05, 4.69) is 0 Å². The van der Waals surface area contributed by atoms with Gasteiger partial charge in [0, 0.05) is 16.9 Å². The van der Waals surface area contributed by atoms with Gasteiger partial charge in [0.05, 0.1) is 6.61 Å². The van der Waals surface area contributed by atoms with E-state index in [0.29, 0.717) is 12.2 Å². The Morgan fingerprint density at radius 1 is 1.00 bits per heavy atom. The topological polar surface area (TPSA) is 43.4 Å². The molecule has 3 nitrogen and oxygen atoms in total. The minimum atomic E-state index is -0.532. The Hall–Kier alpha value is -2.07. The maximum atomic E-state index is 12.3. The number of hydrogen-bond acceptors (Lipinski definition) is 4. The molecule has 0 aliphatic heterocycles. The molecule has 0 radical (unpaired) electrons. The van der Waals surface area contributed by atoms with Gasteiger partial charge in [-0.2, -0.15) is 0 Å². The zero-order valence-electron chi connectivity index (χ0n) is 12.4. The molecule has 2 aromatic carbocycles. The van der Waals surface area contributed by atoms with E-state index in [9.17, 15) is 9.59 Å². The van der Waals surface area contributed by atoms with Crippen molar-refractivity contribution in [3.63, 3.8) is 0 Å². The van der Waals surface area contributed by atoms with E-state index in [-0.39, 0.29) is 18.2 Å². The van der Waals surface area contributed by atoms with E-state index in [1.54, 1.807) is 19.1 Å². The van der Waals surface area contributed by atoms with Crippen molar-refractivity contribution >= 4 is 23.5 Å². The second-order valence-corrected chi connectivity index (χ2v) is 5.94. The van der Waals surface area contributed by atoms with Gasteiger partial charge in [0.2, 0.25) is 0 Å². The second kappa shape index (κ2) is 8.39. The Labute approximate surface area is 134 Å². The van der Waals surface area contributed by atoms with Gasteiger partial charge in [0.1, 0.15) is 5.25 Å². The van der Waals surface area contributed by atoms with Gasteiger partial charge < -0.3 is 4.74 Å². The van der Waals surface area contributed by atoms with Crippen LogP contribution in [0.3, 0.4) is 0 Å². The summed E-state index contributed by atoms with van der Waals surface area (Å²) in [6, 6.07) is 18.6. The number of ketones is 1. The molecule has 2 aromatic rings. The predicted octanol–water partition coefficient (Wildman–Crippen LogP) is 3.98. The third-order valence-corrected chi connectivity index (χ3v) is 4.23. The number of hydrogen-bond donors (Lipinski definition) is 0. The minimum Gasteiger partial charge on any atom is -0.465 e. The average Bonchev–Trinajstić information content (AvgIpc) is 2.56. The molecule has 0 N–H and O–H groups in total. The summed E-state index contributed by atoms with van der Waals surface area (Å²) in [6.07, 6.45) is 0.127. The molecule has 4 heteroatoms. The monoisotopic (exact) mass is 314 g/mol. The van der Waals surface area contributed by atoms with Crippen molar-refractivity contribution in [2.75, 3.05) is 6.61 Å². The van der Waals surface area contributed by atoms with E-state index in [4.69, 9.17) is 4.74 Å². The lowest BCUT2D eigenvalue weighted by Crippen LogP contribution is -2.23. The molecule has 1 unspecified atom stereocenters. The minimum absolute atomic E-state index is 0.0536. The Morgan fingerprint density at radius 2 is 1.59 bits per heavy atom.